The highest BCUT2D eigenvalue weighted by atomic mass is 19.4. The van der Waals surface area contributed by atoms with Gasteiger partial charge in [0.05, 0.1) is 17.9 Å². The van der Waals surface area contributed by atoms with Gasteiger partial charge in [-0.05, 0) is 82.2 Å². The van der Waals surface area contributed by atoms with Crippen LogP contribution in [0.2, 0.25) is 0 Å². The van der Waals surface area contributed by atoms with Gasteiger partial charge >= 0.3 is 6.18 Å². The molecule has 1 aromatic heterocycles. The third-order valence-electron chi connectivity index (χ3n) is 8.45. The van der Waals surface area contributed by atoms with E-state index in [2.05, 4.69) is 22.4 Å². The average Bonchev–Trinajstić information content (AvgIpc) is 3.08. The molecule has 37 heavy (non-hydrogen) atoms. The number of carbonyl (C=O) groups excluding carboxylic acids is 1. The SMILES string of the molecule is C[C@H](N(C)C1CCC(C(=O)N2Cc3cccnc3Nc3ccc(C4CCOCC4)cc32)CC1)C(F)(F)F. The van der Waals surface area contributed by atoms with Crippen LogP contribution in [0, 0.1) is 5.92 Å². The lowest BCUT2D eigenvalue weighted by atomic mass is 9.84. The molecule has 1 N–H and O–H groups in total. The number of aromatic nitrogens is 1. The number of hydrogen-bond acceptors (Lipinski definition) is 5. The first kappa shape index (κ1) is 26.0. The summed E-state index contributed by atoms with van der Waals surface area (Å²) < 4.78 is 45.3. The van der Waals surface area contributed by atoms with Gasteiger partial charge in [0.1, 0.15) is 11.9 Å². The summed E-state index contributed by atoms with van der Waals surface area (Å²) in [6.45, 7) is 3.09. The second-order valence-corrected chi connectivity index (χ2v) is 10.6. The maximum absolute atomic E-state index is 14.0. The Hall–Kier alpha value is -2.65. The summed E-state index contributed by atoms with van der Waals surface area (Å²) in [4.78, 5) is 21.8. The lowest BCUT2D eigenvalue weighted by Crippen LogP contribution is -2.48. The molecule has 1 aromatic carbocycles. The second-order valence-electron chi connectivity index (χ2n) is 10.6. The minimum absolute atomic E-state index is 0.0360. The number of pyridine rings is 1. The van der Waals surface area contributed by atoms with E-state index in [4.69, 9.17) is 4.74 Å². The van der Waals surface area contributed by atoms with Crippen molar-refractivity contribution in [1.82, 2.24) is 9.88 Å². The molecule has 1 aliphatic carbocycles. The van der Waals surface area contributed by atoms with Gasteiger partial charge in [0, 0.05) is 36.9 Å². The van der Waals surface area contributed by atoms with E-state index >= 15 is 0 Å². The highest BCUT2D eigenvalue weighted by Crippen LogP contribution is 2.41. The van der Waals surface area contributed by atoms with Crippen LogP contribution >= 0.6 is 0 Å². The molecular formula is C28H35F3N4O2. The molecule has 200 valence electrons. The van der Waals surface area contributed by atoms with E-state index in [0.29, 0.717) is 38.1 Å². The Labute approximate surface area is 216 Å². The average molecular weight is 517 g/mol. The third kappa shape index (κ3) is 5.48. The maximum atomic E-state index is 14.0. The van der Waals surface area contributed by atoms with Crippen LogP contribution in [0.25, 0.3) is 0 Å². The molecule has 3 heterocycles. The summed E-state index contributed by atoms with van der Waals surface area (Å²) in [5, 5.41) is 3.43. The van der Waals surface area contributed by atoms with Gasteiger partial charge in [0.25, 0.3) is 0 Å². The molecule has 1 atom stereocenters. The van der Waals surface area contributed by atoms with Crippen molar-refractivity contribution in [3.8, 4) is 0 Å². The third-order valence-corrected chi connectivity index (χ3v) is 8.45. The zero-order valence-corrected chi connectivity index (χ0v) is 21.4. The monoisotopic (exact) mass is 516 g/mol. The highest BCUT2D eigenvalue weighted by Gasteiger charge is 2.42. The van der Waals surface area contributed by atoms with Gasteiger partial charge in [0.2, 0.25) is 5.91 Å². The zero-order valence-electron chi connectivity index (χ0n) is 21.4. The molecule has 3 aliphatic rings. The molecule has 0 radical (unpaired) electrons. The largest absolute Gasteiger partial charge is 0.403 e. The van der Waals surface area contributed by atoms with Crippen LogP contribution in [-0.4, -0.2) is 54.3 Å². The van der Waals surface area contributed by atoms with E-state index in [0.717, 1.165) is 48.8 Å². The molecule has 2 aromatic rings. The van der Waals surface area contributed by atoms with Crippen LogP contribution in [0.1, 0.15) is 62.5 Å². The number of nitrogens with one attached hydrogen (secondary N) is 1. The molecule has 1 amide bonds. The normalized spacial score (nSPS) is 23.6. The minimum atomic E-state index is -4.26. The number of alkyl halides is 3. The summed E-state index contributed by atoms with van der Waals surface area (Å²) in [5.41, 5.74) is 3.82. The fourth-order valence-corrected chi connectivity index (χ4v) is 5.92. The Morgan fingerprint density at radius 3 is 2.57 bits per heavy atom. The molecule has 2 fully saturated rings. The number of halogens is 3. The number of rotatable bonds is 4. The molecule has 1 saturated carbocycles. The maximum Gasteiger partial charge on any atom is 0.403 e. The molecule has 0 spiro atoms. The van der Waals surface area contributed by atoms with Gasteiger partial charge < -0.3 is 15.0 Å². The van der Waals surface area contributed by atoms with Gasteiger partial charge in [-0.25, -0.2) is 4.98 Å². The zero-order chi connectivity index (χ0) is 26.2. The first-order chi connectivity index (χ1) is 17.7. The van der Waals surface area contributed by atoms with Crippen LogP contribution in [-0.2, 0) is 16.1 Å². The number of fused-ring (bicyclic) bond motifs is 2. The van der Waals surface area contributed by atoms with Crippen molar-refractivity contribution >= 4 is 23.1 Å². The number of anilines is 3. The van der Waals surface area contributed by atoms with E-state index < -0.39 is 12.2 Å². The summed E-state index contributed by atoms with van der Waals surface area (Å²) in [5.74, 6) is 0.947. The van der Waals surface area contributed by atoms with Gasteiger partial charge in [-0.2, -0.15) is 13.2 Å². The van der Waals surface area contributed by atoms with Crippen LogP contribution in [0.3, 0.4) is 0 Å². The van der Waals surface area contributed by atoms with Crippen molar-refractivity contribution in [1.29, 1.82) is 0 Å². The molecule has 1 saturated heterocycles. The Balaban J connectivity index is 1.38. The molecule has 5 rings (SSSR count). The first-order valence-corrected chi connectivity index (χ1v) is 13.2. The van der Waals surface area contributed by atoms with Crippen LogP contribution < -0.4 is 10.2 Å². The minimum Gasteiger partial charge on any atom is -0.381 e. The quantitative estimate of drug-likeness (QED) is 0.540. The van der Waals surface area contributed by atoms with Gasteiger partial charge in [-0.3, -0.25) is 9.69 Å². The van der Waals surface area contributed by atoms with Gasteiger partial charge in [-0.15, -0.1) is 0 Å². The number of amides is 1. The van der Waals surface area contributed by atoms with E-state index in [9.17, 15) is 18.0 Å². The molecule has 9 heteroatoms. The van der Waals surface area contributed by atoms with Crippen LogP contribution in [0.4, 0.5) is 30.4 Å². The lowest BCUT2D eigenvalue weighted by molar-refractivity contribution is -0.182. The van der Waals surface area contributed by atoms with Crippen LogP contribution in [0.15, 0.2) is 36.5 Å². The molecule has 6 nitrogen and oxygen atoms in total. The Morgan fingerprint density at radius 1 is 1.14 bits per heavy atom. The van der Waals surface area contributed by atoms with Crippen molar-refractivity contribution in [3.05, 3.63) is 47.7 Å². The summed E-state index contributed by atoms with van der Waals surface area (Å²) in [7, 11) is 1.55. The van der Waals surface area contributed by atoms with Crippen molar-refractivity contribution in [2.24, 2.45) is 5.92 Å². The van der Waals surface area contributed by atoms with Crippen molar-refractivity contribution in [3.63, 3.8) is 0 Å². The number of ether oxygens (including phenoxy) is 1. The Morgan fingerprint density at radius 2 is 1.86 bits per heavy atom. The van der Waals surface area contributed by atoms with Crippen molar-refractivity contribution in [2.45, 2.75) is 76.2 Å². The van der Waals surface area contributed by atoms with E-state index in [-0.39, 0.29) is 17.9 Å². The number of nitrogens with zero attached hydrogens (tertiary/aromatic N) is 3. The summed E-state index contributed by atoms with van der Waals surface area (Å²) >= 11 is 0. The first-order valence-electron chi connectivity index (χ1n) is 13.2. The van der Waals surface area contributed by atoms with Crippen molar-refractivity contribution < 1.29 is 22.7 Å². The second kappa shape index (κ2) is 10.6. The van der Waals surface area contributed by atoms with Crippen LogP contribution in [0.5, 0.6) is 0 Å². The van der Waals surface area contributed by atoms with E-state index in [1.54, 1.807) is 13.2 Å². The van der Waals surface area contributed by atoms with Gasteiger partial charge in [-0.1, -0.05) is 12.1 Å². The van der Waals surface area contributed by atoms with E-state index in [1.807, 2.05) is 23.1 Å². The fourth-order valence-electron chi connectivity index (χ4n) is 5.92. The fraction of sp³-hybridized carbons (Fsp3) is 0.571. The predicted octanol–water partition coefficient (Wildman–Crippen LogP) is 6.01. The Bertz CT molecular complexity index is 1110. The highest BCUT2D eigenvalue weighted by molar-refractivity contribution is 5.99. The smallest absolute Gasteiger partial charge is 0.381 e. The topological polar surface area (TPSA) is 57.7 Å². The van der Waals surface area contributed by atoms with E-state index in [1.165, 1.54) is 17.4 Å². The van der Waals surface area contributed by atoms with Crippen molar-refractivity contribution in [2.75, 3.05) is 30.5 Å². The molecular weight excluding hydrogens is 481 g/mol. The number of carbonyl (C=O) groups is 1. The Kier molecular flexibility index (Phi) is 7.45. The van der Waals surface area contributed by atoms with Gasteiger partial charge in [0.15, 0.2) is 0 Å². The predicted molar refractivity (Wildman–Crippen MR) is 137 cm³/mol. The summed E-state index contributed by atoms with van der Waals surface area (Å²) in [6.07, 6.45) is 1.70. The molecule has 0 bridgehead atoms. The lowest BCUT2D eigenvalue weighted by Gasteiger charge is -2.39. The molecule has 2 aliphatic heterocycles. The standard InChI is InChI=1S/C28H35F3N4O2/c1-18(28(29,30)31)34(2)23-8-5-20(6-9-23)27(36)35-17-22-4-3-13-32-26(22)33-24-10-7-21(16-25(24)35)19-11-14-37-15-12-19/h3-4,7,10,13,16,18-20,23H,5-6,8-9,11-12,14-15,17H2,1-2H3,(H,32,33)/t18-,20?,23?/m0/s1. The molecule has 0 unspecified atom stereocenters. The summed E-state index contributed by atoms with van der Waals surface area (Å²) in [6, 6.07) is 8.47. The number of hydrogen-bond donors (Lipinski definition) is 1. The number of benzene rings is 1.